The summed E-state index contributed by atoms with van der Waals surface area (Å²) in [4.78, 5) is 4.85. The Morgan fingerprint density at radius 2 is 2.50 bits per heavy atom. The molecule has 14 heavy (non-hydrogen) atoms. The highest BCUT2D eigenvalue weighted by Crippen LogP contribution is 2.22. The van der Waals surface area contributed by atoms with Gasteiger partial charge in [0, 0.05) is 29.6 Å². The van der Waals surface area contributed by atoms with Crippen molar-refractivity contribution in [2.75, 3.05) is 12.4 Å². The SMILES string of the molecule is CC(CO)CSc1cnccc1C#N. The summed E-state index contributed by atoms with van der Waals surface area (Å²) in [5.74, 6) is 1.04. The maximum Gasteiger partial charge on any atom is 0.100 e. The van der Waals surface area contributed by atoms with Crippen LogP contribution in [-0.4, -0.2) is 22.5 Å². The molecule has 0 bridgehead atoms. The fourth-order valence-corrected chi connectivity index (χ4v) is 1.85. The number of thioether (sulfide) groups is 1. The highest BCUT2D eigenvalue weighted by atomic mass is 32.2. The molecule has 1 aromatic heterocycles. The van der Waals surface area contributed by atoms with Gasteiger partial charge in [0.15, 0.2) is 0 Å². The van der Waals surface area contributed by atoms with E-state index in [-0.39, 0.29) is 12.5 Å². The number of nitriles is 1. The van der Waals surface area contributed by atoms with Crippen molar-refractivity contribution in [3.8, 4) is 6.07 Å². The Morgan fingerprint density at radius 3 is 3.14 bits per heavy atom. The van der Waals surface area contributed by atoms with Gasteiger partial charge in [-0.25, -0.2) is 0 Å². The van der Waals surface area contributed by atoms with Crippen molar-refractivity contribution in [3.63, 3.8) is 0 Å². The molecule has 1 unspecified atom stereocenters. The van der Waals surface area contributed by atoms with E-state index in [0.29, 0.717) is 5.56 Å². The maximum atomic E-state index is 8.85. The predicted molar refractivity (Wildman–Crippen MR) is 55.9 cm³/mol. The Hall–Kier alpha value is -1.05. The lowest BCUT2D eigenvalue weighted by Crippen LogP contribution is -2.03. The van der Waals surface area contributed by atoms with Gasteiger partial charge < -0.3 is 5.11 Å². The molecule has 0 aliphatic heterocycles. The third-order valence-corrected chi connectivity index (χ3v) is 3.11. The predicted octanol–water partition coefficient (Wildman–Crippen LogP) is 1.67. The van der Waals surface area contributed by atoms with Crippen LogP contribution in [-0.2, 0) is 0 Å². The lowest BCUT2D eigenvalue weighted by Gasteiger charge is -2.07. The van der Waals surface area contributed by atoms with Gasteiger partial charge >= 0.3 is 0 Å². The number of pyridine rings is 1. The van der Waals surface area contributed by atoms with Gasteiger partial charge in [-0.2, -0.15) is 5.26 Å². The minimum atomic E-state index is 0.176. The van der Waals surface area contributed by atoms with Crippen LogP contribution in [0.4, 0.5) is 0 Å². The van der Waals surface area contributed by atoms with E-state index in [2.05, 4.69) is 11.1 Å². The van der Waals surface area contributed by atoms with Crippen molar-refractivity contribution < 1.29 is 5.11 Å². The zero-order chi connectivity index (χ0) is 10.4. The third-order valence-electron chi connectivity index (χ3n) is 1.74. The van der Waals surface area contributed by atoms with Crippen LogP contribution in [0.1, 0.15) is 12.5 Å². The van der Waals surface area contributed by atoms with E-state index in [4.69, 9.17) is 10.4 Å². The molecule has 0 amide bonds. The summed E-state index contributed by atoms with van der Waals surface area (Å²) in [6.45, 7) is 2.14. The Morgan fingerprint density at radius 1 is 1.71 bits per heavy atom. The number of rotatable bonds is 4. The van der Waals surface area contributed by atoms with Gasteiger partial charge in [-0.05, 0) is 12.0 Å². The van der Waals surface area contributed by atoms with Crippen molar-refractivity contribution in [1.29, 1.82) is 5.26 Å². The van der Waals surface area contributed by atoms with Gasteiger partial charge in [-0.3, -0.25) is 4.98 Å². The summed E-state index contributed by atoms with van der Waals surface area (Å²) < 4.78 is 0. The van der Waals surface area contributed by atoms with Crippen LogP contribution in [0.25, 0.3) is 0 Å². The molecule has 1 heterocycles. The second-order valence-corrected chi connectivity index (χ2v) is 4.14. The lowest BCUT2D eigenvalue weighted by molar-refractivity contribution is 0.250. The summed E-state index contributed by atoms with van der Waals surface area (Å²) in [6.07, 6.45) is 3.30. The summed E-state index contributed by atoms with van der Waals surface area (Å²) in [5.41, 5.74) is 0.648. The minimum Gasteiger partial charge on any atom is -0.396 e. The smallest absolute Gasteiger partial charge is 0.100 e. The molecule has 1 N–H and O–H groups in total. The van der Waals surface area contributed by atoms with Gasteiger partial charge in [0.2, 0.25) is 0 Å². The van der Waals surface area contributed by atoms with E-state index in [9.17, 15) is 0 Å². The number of aliphatic hydroxyl groups is 1. The molecule has 0 saturated carbocycles. The number of hydrogen-bond donors (Lipinski definition) is 1. The van der Waals surface area contributed by atoms with Crippen LogP contribution in [0.5, 0.6) is 0 Å². The summed E-state index contributed by atoms with van der Waals surface area (Å²) >= 11 is 1.56. The normalized spacial score (nSPS) is 12.1. The Balaban J connectivity index is 2.63. The average molecular weight is 208 g/mol. The molecule has 0 radical (unpaired) electrons. The van der Waals surface area contributed by atoms with Crippen LogP contribution in [0.15, 0.2) is 23.4 Å². The van der Waals surface area contributed by atoms with Crippen molar-refractivity contribution in [2.45, 2.75) is 11.8 Å². The van der Waals surface area contributed by atoms with E-state index in [1.807, 2.05) is 6.92 Å². The standard InChI is InChI=1S/C10H12N2OS/c1-8(6-13)7-14-10-5-12-3-2-9(10)4-11/h2-3,5,8,13H,6-7H2,1H3. The lowest BCUT2D eigenvalue weighted by atomic mass is 10.2. The molecule has 0 aliphatic carbocycles. The van der Waals surface area contributed by atoms with E-state index >= 15 is 0 Å². The fraction of sp³-hybridized carbons (Fsp3) is 0.400. The van der Waals surface area contributed by atoms with Crippen LogP contribution < -0.4 is 0 Å². The van der Waals surface area contributed by atoms with Crippen molar-refractivity contribution in [2.24, 2.45) is 5.92 Å². The Labute approximate surface area is 87.8 Å². The number of aromatic nitrogens is 1. The second-order valence-electron chi connectivity index (χ2n) is 3.08. The molecule has 74 valence electrons. The Kier molecular flexibility index (Phi) is 4.44. The maximum absolute atomic E-state index is 8.85. The van der Waals surface area contributed by atoms with Gasteiger partial charge in [0.25, 0.3) is 0 Å². The first kappa shape index (κ1) is 11.0. The van der Waals surface area contributed by atoms with Crippen LogP contribution in [0, 0.1) is 17.2 Å². The summed E-state index contributed by atoms with van der Waals surface area (Å²) in [7, 11) is 0. The number of hydrogen-bond acceptors (Lipinski definition) is 4. The molecule has 3 nitrogen and oxygen atoms in total. The zero-order valence-corrected chi connectivity index (χ0v) is 8.79. The zero-order valence-electron chi connectivity index (χ0n) is 7.97. The van der Waals surface area contributed by atoms with Gasteiger partial charge in [0.1, 0.15) is 6.07 Å². The molecular weight excluding hydrogens is 196 g/mol. The first-order valence-electron chi connectivity index (χ1n) is 4.35. The number of nitrogens with zero attached hydrogens (tertiary/aromatic N) is 2. The highest BCUT2D eigenvalue weighted by molar-refractivity contribution is 7.99. The van der Waals surface area contributed by atoms with Gasteiger partial charge in [-0.1, -0.05) is 6.92 Å². The molecule has 0 aromatic carbocycles. The molecule has 0 fully saturated rings. The molecule has 1 atom stereocenters. The second kappa shape index (κ2) is 5.63. The van der Waals surface area contributed by atoms with Crippen LogP contribution >= 0.6 is 11.8 Å². The first-order valence-corrected chi connectivity index (χ1v) is 5.34. The monoisotopic (exact) mass is 208 g/mol. The highest BCUT2D eigenvalue weighted by Gasteiger charge is 2.05. The average Bonchev–Trinajstić information content (AvgIpc) is 2.26. The number of aliphatic hydroxyl groups excluding tert-OH is 1. The molecule has 4 heteroatoms. The summed E-state index contributed by atoms with van der Waals surface area (Å²) in [6, 6.07) is 3.81. The van der Waals surface area contributed by atoms with Crippen molar-refractivity contribution >= 4 is 11.8 Å². The van der Waals surface area contributed by atoms with Crippen molar-refractivity contribution in [3.05, 3.63) is 24.0 Å². The minimum absolute atomic E-state index is 0.176. The van der Waals surface area contributed by atoms with Gasteiger partial charge in [-0.15, -0.1) is 11.8 Å². The van der Waals surface area contributed by atoms with E-state index in [1.165, 1.54) is 0 Å². The largest absolute Gasteiger partial charge is 0.396 e. The molecular formula is C10H12N2OS. The molecule has 0 spiro atoms. The van der Waals surface area contributed by atoms with E-state index < -0.39 is 0 Å². The van der Waals surface area contributed by atoms with E-state index in [1.54, 1.807) is 30.2 Å². The molecule has 1 aromatic rings. The Bertz CT molecular complexity index is 335. The molecule has 0 aliphatic rings. The quantitative estimate of drug-likeness (QED) is 0.765. The summed E-state index contributed by atoms with van der Waals surface area (Å²) in [5, 5.41) is 17.6. The van der Waals surface area contributed by atoms with Crippen LogP contribution in [0.3, 0.4) is 0 Å². The third kappa shape index (κ3) is 3.02. The molecule has 0 saturated heterocycles. The molecule has 1 rings (SSSR count). The first-order chi connectivity index (χ1) is 6.77. The van der Waals surface area contributed by atoms with Crippen LogP contribution in [0.2, 0.25) is 0 Å². The van der Waals surface area contributed by atoms with Gasteiger partial charge in [0.05, 0.1) is 5.56 Å². The van der Waals surface area contributed by atoms with Crippen molar-refractivity contribution in [1.82, 2.24) is 4.98 Å². The van der Waals surface area contributed by atoms with E-state index in [0.717, 1.165) is 10.6 Å². The topological polar surface area (TPSA) is 56.9 Å². The fourth-order valence-electron chi connectivity index (χ4n) is 0.872.